The minimum absolute atomic E-state index is 0.159. The highest BCUT2D eigenvalue weighted by molar-refractivity contribution is 6.01. The van der Waals surface area contributed by atoms with E-state index in [0.29, 0.717) is 35.7 Å². The molecular formula is C11H12O2. The number of hydrogen-bond donors (Lipinski definition) is 0. The van der Waals surface area contributed by atoms with E-state index in [1.54, 1.807) is 0 Å². The van der Waals surface area contributed by atoms with Crippen LogP contribution < -0.4 is 0 Å². The van der Waals surface area contributed by atoms with Gasteiger partial charge in [0.2, 0.25) is 0 Å². The summed E-state index contributed by atoms with van der Waals surface area (Å²) in [6.45, 7) is 0. The molecule has 6 atom stereocenters. The van der Waals surface area contributed by atoms with Crippen molar-refractivity contribution in [1.82, 2.24) is 0 Å². The minimum Gasteiger partial charge on any atom is -0.299 e. The van der Waals surface area contributed by atoms with Gasteiger partial charge in [-0.1, -0.05) is 0 Å². The van der Waals surface area contributed by atoms with E-state index in [1.807, 2.05) is 0 Å². The molecule has 0 aromatic heterocycles. The molecule has 0 aromatic rings. The third kappa shape index (κ3) is 0.527. The molecule has 0 spiro atoms. The summed E-state index contributed by atoms with van der Waals surface area (Å²) in [5.74, 6) is 3.24. The predicted molar refractivity (Wildman–Crippen MR) is 44.8 cm³/mol. The van der Waals surface area contributed by atoms with Crippen molar-refractivity contribution in [2.45, 2.75) is 19.3 Å². The van der Waals surface area contributed by atoms with Gasteiger partial charge < -0.3 is 0 Å². The van der Waals surface area contributed by atoms with Crippen LogP contribution in [-0.2, 0) is 9.59 Å². The first-order chi connectivity index (χ1) is 6.27. The average molecular weight is 176 g/mol. The predicted octanol–water partition coefficient (Wildman–Crippen LogP) is 1.05. The lowest BCUT2D eigenvalue weighted by molar-refractivity contribution is -0.138. The Morgan fingerprint density at radius 1 is 1.00 bits per heavy atom. The van der Waals surface area contributed by atoms with E-state index in [0.717, 1.165) is 0 Å². The molecule has 0 amide bonds. The highest BCUT2D eigenvalue weighted by Gasteiger charge is 2.68. The molecule has 4 aliphatic carbocycles. The quantitative estimate of drug-likeness (QED) is 0.552. The van der Waals surface area contributed by atoms with E-state index in [2.05, 4.69) is 0 Å². The number of rotatable bonds is 0. The van der Waals surface area contributed by atoms with Crippen LogP contribution in [-0.4, -0.2) is 11.6 Å². The van der Waals surface area contributed by atoms with Crippen molar-refractivity contribution in [2.75, 3.05) is 0 Å². The van der Waals surface area contributed by atoms with Crippen LogP contribution in [0.1, 0.15) is 19.3 Å². The fourth-order valence-electron chi connectivity index (χ4n) is 4.79. The molecule has 0 saturated heterocycles. The summed E-state index contributed by atoms with van der Waals surface area (Å²) in [6.07, 6.45) is 2.97. The van der Waals surface area contributed by atoms with Crippen molar-refractivity contribution in [3.05, 3.63) is 0 Å². The fraction of sp³-hybridized carbons (Fsp3) is 0.818. The Bertz CT molecular complexity index is 333. The molecule has 4 bridgehead atoms. The molecule has 0 aliphatic heterocycles. The first-order valence-corrected chi connectivity index (χ1v) is 5.34. The van der Waals surface area contributed by atoms with Gasteiger partial charge >= 0.3 is 0 Å². The second-order valence-electron chi connectivity index (χ2n) is 5.29. The van der Waals surface area contributed by atoms with Gasteiger partial charge in [-0.3, -0.25) is 9.59 Å². The van der Waals surface area contributed by atoms with Crippen LogP contribution in [0.2, 0.25) is 0 Å². The molecule has 4 aliphatic rings. The van der Waals surface area contributed by atoms with Gasteiger partial charge in [-0.15, -0.1) is 0 Å². The second-order valence-corrected chi connectivity index (χ2v) is 5.29. The van der Waals surface area contributed by atoms with E-state index in [-0.39, 0.29) is 17.8 Å². The zero-order chi connectivity index (χ0) is 8.74. The fourth-order valence-corrected chi connectivity index (χ4v) is 4.79. The maximum atomic E-state index is 11.9. The Labute approximate surface area is 76.7 Å². The van der Waals surface area contributed by atoms with Gasteiger partial charge in [0.25, 0.3) is 0 Å². The average Bonchev–Trinajstić information content (AvgIpc) is 2.65. The molecule has 68 valence electrons. The Morgan fingerprint density at radius 2 is 1.77 bits per heavy atom. The normalized spacial score (nSPS) is 61.2. The van der Waals surface area contributed by atoms with Gasteiger partial charge in [-0.05, 0) is 30.6 Å². The summed E-state index contributed by atoms with van der Waals surface area (Å²) in [6, 6.07) is 0. The van der Waals surface area contributed by atoms with Crippen molar-refractivity contribution in [1.29, 1.82) is 0 Å². The molecule has 13 heavy (non-hydrogen) atoms. The van der Waals surface area contributed by atoms with Gasteiger partial charge in [-0.2, -0.15) is 0 Å². The molecule has 2 heteroatoms. The minimum atomic E-state index is 0.159. The summed E-state index contributed by atoms with van der Waals surface area (Å²) in [4.78, 5) is 23.6. The van der Waals surface area contributed by atoms with Gasteiger partial charge in [-0.25, -0.2) is 0 Å². The molecule has 0 N–H and O–H groups in total. The Balaban J connectivity index is 1.98. The van der Waals surface area contributed by atoms with E-state index in [1.165, 1.54) is 12.8 Å². The van der Waals surface area contributed by atoms with Crippen LogP contribution in [0.3, 0.4) is 0 Å². The molecular weight excluding hydrogens is 164 g/mol. The van der Waals surface area contributed by atoms with Crippen LogP contribution in [0, 0.1) is 35.5 Å². The number of carbonyl (C=O) groups excluding carboxylic acids is 2. The molecule has 0 aromatic carbocycles. The van der Waals surface area contributed by atoms with Crippen molar-refractivity contribution in [3.8, 4) is 0 Å². The van der Waals surface area contributed by atoms with Crippen LogP contribution in [0.5, 0.6) is 0 Å². The molecule has 4 rings (SSSR count). The highest BCUT2D eigenvalue weighted by atomic mass is 16.1. The molecule has 0 radical (unpaired) electrons. The number of carbonyl (C=O) groups is 2. The smallest absolute Gasteiger partial charge is 0.140 e. The number of Topliss-reactive ketones (excluding diaryl/α,β-unsaturated/α-hetero) is 2. The third-order valence-electron chi connectivity index (χ3n) is 5.06. The summed E-state index contributed by atoms with van der Waals surface area (Å²) in [5, 5.41) is 0. The zero-order valence-electron chi connectivity index (χ0n) is 7.40. The Morgan fingerprint density at radius 3 is 2.62 bits per heavy atom. The SMILES string of the molecule is O=C1CC2C(=O)C3C4CC(CC24)C13. The van der Waals surface area contributed by atoms with Crippen molar-refractivity contribution < 1.29 is 9.59 Å². The number of ketones is 2. The van der Waals surface area contributed by atoms with Gasteiger partial charge in [0, 0.05) is 24.2 Å². The summed E-state index contributed by atoms with van der Waals surface area (Å²) < 4.78 is 0. The summed E-state index contributed by atoms with van der Waals surface area (Å²) in [7, 11) is 0. The van der Waals surface area contributed by atoms with Crippen LogP contribution in [0.4, 0.5) is 0 Å². The van der Waals surface area contributed by atoms with E-state index >= 15 is 0 Å². The highest BCUT2D eigenvalue weighted by Crippen LogP contribution is 2.66. The summed E-state index contributed by atoms with van der Waals surface area (Å²) >= 11 is 0. The lowest BCUT2D eigenvalue weighted by Gasteiger charge is -2.25. The Kier molecular flexibility index (Phi) is 0.907. The molecule has 6 unspecified atom stereocenters. The lowest BCUT2D eigenvalue weighted by Crippen LogP contribution is -2.35. The standard InChI is InChI=1S/C11H12O2/c12-8-3-7-5-1-4-2-6(5)10(9(4)8)11(7)13/h4-7,9-10H,1-3H2. The molecule has 2 nitrogen and oxygen atoms in total. The van der Waals surface area contributed by atoms with Gasteiger partial charge in [0.1, 0.15) is 11.6 Å². The first kappa shape index (κ1) is 6.74. The van der Waals surface area contributed by atoms with Crippen molar-refractivity contribution in [3.63, 3.8) is 0 Å². The molecule has 0 heterocycles. The number of fused-ring (bicyclic) bond motifs is 4. The van der Waals surface area contributed by atoms with Gasteiger partial charge in [0.05, 0.1) is 0 Å². The van der Waals surface area contributed by atoms with Crippen LogP contribution in [0.25, 0.3) is 0 Å². The van der Waals surface area contributed by atoms with E-state index < -0.39 is 0 Å². The zero-order valence-corrected chi connectivity index (χ0v) is 7.40. The van der Waals surface area contributed by atoms with Crippen molar-refractivity contribution >= 4 is 11.6 Å². The third-order valence-corrected chi connectivity index (χ3v) is 5.06. The summed E-state index contributed by atoms with van der Waals surface area (Å²) in [5.41, 5.74) is 0. The monoisotopic (exact) mass is 176 g/mol. The first-order valence-electron chi connectivity index (χ1n) is 5.34. The van der Waals surface area contributed by atoms with E-state index in [9.17, 15) is 9.59 Å². The second kappa shape index (κ2) is 1.75. The molecule has 4 saturated carbocycles. The lowest BCUT2D eigenvalue weighted by atomic mass is 9.76. The molecule has 4 fully saturated rings. The van der Waals surface area contributed by atoms with E-state index in [4.69, 9.17) is 0 Å². The van der Waals surface area contributed by atoms with Gasteiger partial charge in [0.15, 0.2) is 0 Å². The largest absolute Gasteiger partial charge is 0.299 e. The number of hydrogen-bond acceptors (Lipinski definition) is 2. The maximum Gasteiger partial charge on any atom is 0.140 e. The van der Waals surface area contributed by atoms with Crippen molar-refractivity contribution in [2.24, 2.45) is 35.5 Å². The van der Waals surface area contributed by atoms with Crippen LogP contribution >= 0.6 is 0 Å². The van der Waals surface area contributed by atoms with Crippen LogP contribution in [0.15, 0.2) is 0 Å². The Hall–Kier alpha value is -0.660. The maximum absolute atomic E-state index is 11.9. The topological polar surface area (TPSA) is 34.1 Å².